The number of aliphatic hydroxyl groups is 1. The largest absolute Gasteiger partial charge is 0.453 e. The third-order valence-corrected chi connectivity index (χ3v) is 4.19. The molecule has 1 fully saturated rings. The molecule has 0 aliphatic heterocycles. The van der Waals surface area contributed by atoms with E-state index in [1.807, 2.05) is 5.32 Å². The van der Waals surface area contributed by atoms with E-state index < -0.39 is 52.1 Å². The Hall–Kier alpha value is -2.69. The smallest absolute Gasteiger partial charge is 0.418 e. The lowest BCUT2D eigenvalue weighted by atomic mass is 9.85. The molecule has 0 radical (unpaired) electrons. The number of nitro benzene ring substituents is 1. The lowest BCUT2D eigenvalue weighted by molar-refractivity contribution is -0.385. The summed E-state index contributed by atoms with van der Waals surface area (Å²) in [6, 6.07) is 1.85. The fourth-order valence-corrected chi connectivity index (χ4v) is 2.78. The molecular weight excluding hydrogens is 373 g/mol. The van der Waals surface area contributed by atoms with Crippen molar-refractivity contribution in [1.29, 1.82) is 0 Å². The van der Waals surface area contributed by atoms with Crippen molar-refractivity contribution >= 4 is 23.3 Å². The van der Waals surface area contributed by atoms with E-state index in [1.165, 1.54) is 0 Å². The summed E-state index contributed by atoms with van der Waals surface area (Å²) in [5.41, 5.74) is -4.58. The molecule has 1 aromatic rings. The van der Waals surface area contributed by atoms with Crippen LogP contribution in [0, 0.1) is 10.1 Å². The first kappa shape index (κ1) is 20.6. The van der Waals surface area contributed by atoms with Crippen LogP contribution in [0.2, 0.25) is 0 Å². The number of carbonyl (C=O) groups is 2. The summed E-state index contributed by atoms with van der Waals surface area (Å²) in [5, 5.41) is 22.7. The molecule has 2 N–H and O–H groups in total. The van der Waals surface area contributed by atoms with Gasteiger partial charge in [0.1, 0.15) is 0 Å². The lowest BCUT2D eigenvalue weighted by Gasteiger charge is -2.29. The van der Waals surface area contributed by atoms with E-state index in [0.717, 1.165) is 18.6 Å². The van der Waals surface area contributed by atoms with Crippen molar-refractivity contribution in [3.05, 3.63) is 33.9 Å². The third kappa shape index (κ3) is 5.16. The second-order valence-corrected chi connectivity index (χ2v) is 6.20. The predicted octanol–water partition coefficient (Wildman–Crippen LogP) is 2.79. The second-order valence-electron chi connectivity index (χ2n) is 6.20. The van der Waals surface area contributed by atoms with Gasteiger partial charge in [0.25, 0.3) is 11.6 Å². The van der Waals surface area contributed by atoms with Crippen LogP contribution in [0.3, 0.4) is 0 Å². The molecule has 148 valence electrons. The Balaban J connectivity index is 2.05. The summed E-state index contributed by atoms with van der Waals surface area (Å²) >= 11 is 0. The molecule has 0 spiro atoms. The van der Waals surface area contributed by atoms with Crippen molar-refractivity contribution in [1.82, 2.24) is 0 Å². The molecule has 0 atom stereocenters. The highest BCUT2D eigenvalue weighted by atomic mass is 19.4. The van der Waals surface area contributed by atoms with Gasteiger partial charge in [-0.3, -0.25) is 14.9 Å². The topological polar surface area (TPSA) is 119 Å². The lowest BCUT2D eigenvalue weighted by Crippen LogP contribution is -2.42. The second kappa shape index (κ2) is 7.91. The Labute approximate surface area is 151 Å². The van der Waals surface area contributed by atoms with Crippen molar-refractivity contribution in [3.8, 4) is 0 Å². The van der Waals surface area contributed by atoms with E-state index in [1.54, 1.807) is 0 Å². The maximum atomic E-state index is 13.1. The van der Waals surface area contributed by atoms with Gasteiger partial charge >= 0.3 is 12.1 Å². The monoisotopic (exact) mass is 390 g/mol. The Morgan fingerprint density at radius 2 is 1.89 bits per heavy atom. The fourth-order valence-electron chi connectivity index (χ4n) is 2.78. The Kier molecular flexibility index (Phi) is 6.04. The van der Waals surface area contributed by atoms with Gasteiger partial charge in [0, 0.05) is 12.1 Å². The maximum Gasteiger partial charge on any atom is 0.418 e. The number of halogens is 3. The van der Waals surface area contributed by atoms with Crippen LogP contribution in [0.25, 0.3) is 0 Å². The number of hydrogen-bond donors (Lipinski definition) is 2. The number of carbonyl (C=O) groups excluding carboxylic acids is 2. The van der Waals surface area contributed by atoms with Gasteiger partial charge in [0.15, 0.2) is 12.2 Å². The van der Waals surface area contributed by atoms with Crippen LogP contribution in [-0.2, 0) is 20.5 Å². The van der Waals surface area contributed by atoms with E-state index >= 15 is 0 Å². The predicted molar refractivity (Wildman–Crippen MR) is 85.7 cm³/mol. The minimum Gasteiger partial charge on any atom is -0.453 e. The van der Waals surface area contributed by atoms with Crippen molar-refractivity contribution in [2.24, 2.45) is 0 Å². The molecule has 1 saturated carbocycles. The summed E-state index contributed by atoms with van der Waals surface area (Å²) in [6.45, 7) is -0.893. The summed E-state index contributed by atoms with van der Waals surface area (Å²) < 4.78 is 43.9. The highest BCUT2D eigenvalue weighted by Gasteiger charge is 2.39. The quantitative estimate of drug-likeness (QED) is 0.453. The van der Waals surface area contributed by atoms with Crippen molar-refractivity contribution < 1.29 is 37.5 Å². The zero-order chi connectivity index (χ0) is 20.2. The summed E-state index contributed by atoms with van der Waals surface area (Å²) in [4.78, 5) is 33.4. The molecule has 1 aliphatic carbocycles. The number of non-ortho nitro benzene ring substituents is 1. The van der Waals surface area contributed by atoms with Gasteiger partial charge in [-0.15, -0.1) is 0 Å². The summed E-state index contributed by atoms with van der Waals surface area (Å²) in [7, 11) is 0. The molecule has 1 aromatic carbocycles. The van der Waals surface area contributed by atoms with Crippen LogP contribution in [-0.4, -0.2) is 34.1 Å². The summed E-state index contributed by atoms with van der Waals surface area (Å²) in [6.07, 6.45) is -2.47. The zero-order valence-corrected chi connectivity index (χ0v) is 14.0. The van der Waals surface area contributed by atoms with Crippen LogP contribution in [0.1, 0.15) is 37.7 Å². The van der Waals surface area contributed by atoms with E-state index in [2.05, 4.69) is 0 Å². The Morgan fingerprint density at radius 1 is 1.26 bits per heavy atom. The molecule has 1 aliphatic rings. The van der Waals surface area contributed by atoms with Crippen molar-refractivity contribution in [3.63, 3.8) is 0 Å². The number of amides is 1. The molecule has 0 heterocycles. The van der Waals surface area contributed by atoms with Crippen LogP contribution >= 0.6 is 0 Å². The van der Waals surface area contributed by atoms with Gasteiger partial charge in [0.2, 0.25) is 0 Å². The number of esters is 1. The van der Waals surface area contributed by atoms with Gasteiger partial charge in [-0.25, -0.2) is 4.79 Å². The number of benzene rings is 1. The Morgan fingerprint density at radius 3 is 2.44 bits per heavy atom. The third-order valence-electron chi connectivity index (χ3n) is 4.19. The van der Waals surface area contributed by atoms with Gasteiger partial charge in [-0.2, -0.15) is 13.2 Å². The first-order chi connectivity index (χ1) is 12.5. The maximum absolute atomic E-state index is 13.1. The number of hydrogen-bond acceptors (Lipinski definition) is 6. The molecular formula is C16H17F3N2O6. The Bertz CT molecular complexity index is 744. The molecule has 0 unspecified atom stereocenters. The molecule has 11 heteroatoms. The minimum absolute atomic E-state index is 0.189. The van der Waals surface area contributed by atoms with Crippen molar-refractivity contribution in [2.45, 2.75) is 43.9 Å². The average molecular weight is 390 g/mol. The molecule has 8 nitrogen and oxygen atoms in total. The molecule has 0 saturated heterocycles. The standard InChI is InChI=1S/C16H17F3N2O6/c17-16(18,19)11-8-10(21(25)26)4-5-12(11)20-13(22)9-27-14(23)15(24)6-2-1-3-7-15/h4-5,8,24H,1-3,6-7,9H2,(H,20,22). The number of rotatable bonds is 5. The first-order valence-electron chi connectivity index (χ1n) is 8.08. The van der Waals surface area contributed by atoms with Crippen LogP contribution in [0.15, 0.2) is 18.2 Å². The molecule has 0 bridgehead atoms. The van der Waals surface area contributed by atoms with Gasteiger partial charge in [0.05, 0.1) is 16.2 Å². The van der Waals surface area contributed by atoms with Crippen LogP contribution in [0.5, 0.6) is 0 Å². The highest BCUT2D eigenvalue weighted by Crippen LogP contribution is 2.37. The normalized spacial score (nSPS) is 16.4. The number of anilines is 1. The zero-order valence-electron chi connectivity index (χ0n) is 14.0. The first-order valence-corrected chi connectivity index (χ1v) is 8.08. The minimum atomic E-state index is -4.94. The van der Waals surface area contributed by atoms with Crippen LogP contribution < -0.4 is 5.32 Å². The number of nitrogens with one attached hydrogen (secondary N) is 1. The molecule has 2 rings (SSSR count). The highest BCUT2D eigenvalue weighted by molar-refractivity contribution is 5.94. The van der Waals surface area contributed by atoms with Gasteiger partial charge < -0.3 is 15.2 Å². The van der Waals surface area contributed by atoms with E-state index in [-0.39, 0.29) is 12.8 Å². The molecule has 0 aromatic heterocycles. The SMILES string of the molecule is O=C(COC(=O)C1(O)CCCCC1)Nc1ccc([N+](=O)[O-])cc1C(F)(F)F. The number of ether oxygens (including phenoxy) is 1. The average Bonchev–Trinajstić information content (AvgIpc) is 2.59. The van der Waals surface area contributed by atoms with Crippen molar-refractivity contribution in [2.75, 3.05) is 11.9 Å². The number of nitro groups is 1. The van der Waals surface area contributed by atoms with E-state index in [4.69, 9.17) is 4.74 Å². The van der Waals surface area contributed by atoms with E-state index in [9.17, 15) is 38.0 Å². The summed E-state index contributed by atoms with van der Waals surface area (Å²) in [5.74, 6) is -2.07. The number of nitrogens with zero attached hydrogens (tertiary/aromatic N) is 1. The van der Waals surface area contributed by atoms with Gasteiger partial charge in [-0.1, -0.05) is 6.42 Å². The van der Waals surface area contributed by atoms with Crippen LogP contribution in [0.4, 0.5) is 24.5 Å². The van der Waals surface area contributed by atoms with Gasteiger partial charge in [-0.05, 0) is 31.7 Å². The van der Waals surface area contributed by atoms with E-state index in [0.29, 0.717) is 18.9 Å². The number of alkyl halides is 3. The molecule has 27 heavy (non-hydrogen) atoms. The molecule has 1 amide bonds. The fraction of sp³-hybridized carbons (Fsp3) is 0.500.